The number of hydrogen-bond donors (Lipinski definition) is 1. The topological polar surface area (TPSA) is 24.5 Å². The number of methoxy groups -OCH3 is 1. The van der Waals surface area contributed by atoms with Crippen LogP contribution in [0.25, 0.3) is 0 Å². The van der Waals surface area contributed by atoms with Crippen LogP contribution in [-0.2, 0) is 6.54 Å². The number of hydrogen-bond acceptors (Lipinski definition) is 4. The lowest BCUT2D eigenvalue weighted by molar-refractivity contribution is 0.00461. The molecule has 3 saturated heterocycles. The van der Waals surface area contributed by atoms with E-state index in [0.29, 0.717) is 23.9 Å². The van der Waals surface area contributed by atoms with Crippen LogP contribution < -0.4 is 10.1 Å². The third kappa shape index (κ3) is 4.70. The van der Waals surface area contributed by atoms with Crippen molar-refractivity contribution >= 4 is 11.8 Å². The molecule has 0 spiro atoms. The Bertz CT molecular complexity index is 995. The molecule has 3 heterocycles. The molecule has 0 aliphatic carbocycles. The van der Waals surface area contributed by atoms with Crippen LogP contribution in [0.4, 0.5) is 0 Å². The summed E-state index contributed by atoms with van der Waals surface area (Å²) in [7, 11) is 1.77. The van der Waals surface area contributed by atoms with E-state index in [0.717, 1.165) is 12.3 Å². The van der Waals surface area contributed by atoms with Crippen molar-refractivity contribution in [1.29, 1.82) is 0 Å². The molecule has 3 aromatic rings. The minimum Gasteiger partial charge on any atom is -0.496 e. The van der Waals surface area contributed by atoms with Crippen molar-refractivity contribution in [1.82, 2.24) is 10.2 Å². The standard InChI is InChI=1S/C29H34N2OS/c1-32-26-14-13-25(33-2)19-24(26)20-30-28-23-15-17-31(18-16-23)29(28)27(21-9-5-3-6-10-21)22-11-7-4-8-12-22/h3-14,19,23,27-30H,15-18,20H2,1-2H3/t28-,29-/m0/s1. The number of piperidine rings is 3. The van der Waals surface area contributed by atoms with E-state index in [1.165, 1.54) is 47.5 Å². The Morgan fingerprint density at radius 2 is 1.58 bits per heavy atom. The molecule has 2 bridgehead atoms. The number of nitrogens with one attached hydrogen (secondary N) is 1. The molecule has 1 N–H and O–H groups in total. The lowest BCUT2D eigenvalue weighted by Crippen LogP contribution is -2.64. The molecule has 172 valence electrons. The van der Waals surface area contributed by atoms with E-state index in [9.17, 15) is 0 Å². The minimum atomic E-state index is 0.354. The predicted molar refractivity (Wildman–Crippen MR) is 138 cm³/mol. The van der Waals surface area contributed by atoms with Crippen molar-refractivity contribution in [2.45, 2.75) is 42.3 Å². The Morgan fingerprint density at radius 3 is 2.15 bits per heavy atom. The number of benzene rings is 3. The van der Waals surface area contributed by atoms with Crippen LogP contribution in [0.5, 0.6) is 5.75 Å². The molecule has 0 unspecified atom stereocenters. The van der Waals surface area contributed by atoms with Crippen molar-refractivity contribution in [3.05, 3.63) is 95.6 Å². The van der Waals surface area contributed by atoms with E-state index in [2.05, 4.69) is 95.3 Å². The van der Waals surface area contributed by atoms with Gasteiger partial charge in [0.25, 0.3) is 0 Å². The first-order chi connectivity index (χ1) is 16.3. The number of nitrogens with zero attached hydrogens (tertiary/aromatic N) is 1. The van der Waals surface area contributed by atoms with E-state index in [1.807, 2.05) is 0 Å². The van der Waals surface area contributed by atoms with Gasteiger partial charge in [0.15, 0.2) is 0 Å². The largest absolute Gasteiger partial charge is 0.496 e. The maximum absolute atomic E-state index is 5.70. The van der Waals surface area contributed by atoms with Crippen LogP contribution in [0.1, 0.15) is 35.4 Å². The first kappa shape index (κ1) is 22.5. The summed E-state index contributed by atoms with van der Waals surface area (Å²) in [4.78, 5) is 4.03. The number of thioether (sulfide) groups is 1. The Labute approximate surface area is 202 Å². The van der Waals surface area contributed by atoms with Crippen LogP contribution in [0, 0.1) is 5.92 Å². The summed E-state index contributed by atoms with van der Waals surface area (Å²) in [6.07, 6.45) is 4.70. The second kappa shape index (κ2) is 10.3. The molecule has 3 nitrogen and oxygen atoms in total. The van der Waals surface area contributed by atoms with Crippen LogP contribution in [0.3, 0.4) is 0 Å². The van der Waals surface area contributed by atoms with Gasteiger partial charge in [0, 0.05) is 35.0 Å². The van der Waals surface area contributed by atoms with Gasteiger partial charge in [-0.2, -0.15) is 0 Å². The van der Waals surface area contributed by atoms with Gasteiger partial charge in [-0.3, -0.25) is 4.90 Å². The first-order valence-electron chi connectivity index (χ1n) is 12.1. The summed E-state index contributed by atoms with van der Waals surface area (Å²) in [6.45, 7) is 3.24. The van der Waals surface area contributed by atoms with Crippen molar-refractivity contribution < 1.29 is 4.74 Å². The summed E-state index contributed by atoms with van der Waals surface area (Å²) in [6, 6.07) is 29.6. The zero-order valence-corrected chi connectivity index (χ0v) is 20.4. The highest BCUT2D eigenvalue weighted by atomic mass is 32.2. The van der Waals surface area contributed by atoms with Crippen LogP contribution >= 0.6 is 11.8 Å². The van der Waals surface area contributed by atoms with Gasteiger partial charge < -0.3 is 10.1 Å². The van der Waals surface area contributed by atoms with Crippen LogP contribution in [0.2, 0.25) is 0 Å². The zero-order valence-electron chi connectivity index (χ0n) is 19.6. The normalized spacial score (nSPS) is 24.2. The lowest BCUT2D eigenvalue weighted by atomic mass is 9.70. The SMILES string of the molecule is COc1ccc(SC)cc1CN[C@H]1C2CCN(CC2)[C@H]1C(c1ccccc1)c1ccccc1. The molecule has 3 aromatic carbocycles. The highest BCUT2D eigenvalue weighted by Gasteiger charge is 2.46. The van der Waals surface area contributed by atoms with Gasteiger partial charge in [-0.05, 0) is 67.4 Å². The average molecular weight is 459 g/mol. The van der Waals surface area contributed by atoms with Crippen molar-refractivity contribution in [2.24, 2.45) is 5.92 Å². The van der Waals surface area contributed by atoms with Gasteiger partial charge in [-0.25, -0.2) is 0 Å². The first-order valence-corrected chi connectivity index (χ1v) is 13.3. The molecule has 0 aromatic heterocycles. The molecule has 4 heteroatoms. The molecule has 3 aliphatic rings. The Morgan fingerprint density at radius 1 is 0.939 bits per heavy atom. The maximum Gasteiger partial charge on any atom is 0.123 e. The van der Waals surface area contributed by atoms with E-state index < -0.39 is 0 Å². The van der Waals surface area contributed by atoms with Crippen molar-refractivity contribution in [2.75, 3.05) is 26.5 Å². The van der Waals surface area contributed by atoms with E-state index in [1.54, 1.807) is 18.9 Å². The quantitative estimate of drug-likeness (QED) is 0.431. The summed E-state index contributed by atoms with van der Waals surface area (Å²) in [5.74, 6) is 2.04. The van der Waals surface area contributed by atoms with Crippen molar-refractivity contribution in [3.63, 3.8) is 0 Å². The van der Waals surface area contributed by atoms with Gasteiger partial charge in [0.1, 0.15) is 5.75 Å². The molecular formula is C29H34N2OS. The van der Waals surface area contributed by atoms with Crippen LogP contribution in [-0.4, -0.2) is 43.4 Å². The predicted octanol–water partition coefficient (Wildman–Crippen LogP) is 5.80. The van der Waals surface area contributed by atoms with Gasteiger partial charge in [0.05, 0.1) is 7.11 Å². The van der Waals surface area contributed by atoms with E-state index in [-0.39, 0.29) is 0 Å². The molecule has 0 amide bonds. The average Bonchev–Trinajstić information content (AvgIpc) is 2.90. The fourth-order valence-electron chi connectivity index (χ4n) is 5.94. The second-order valence-electron chi connectivity index (χ2n) is 9.25. The fourth-order valence-corrected chi connectivity index (χ4v) is 6.41. The smallest absolute Gasteiger partial charge is 0.123 e. The lowest BCUT2D eigenvalue weighted by Gasteiger charge is -2.54. The zero-order chi connectivity index (χ0) is 22.6. The number of fused-ring (bicyclic) bond motifs is 3. The van der Waals surface area contributed by atoms with Crippen molar-refractivity contribution in [3.8, 4) is 5.75 Å². The summed E-state index contributed by atoms with van der Waals surface area (Å²) < 4.78 is 5.70. The molecule has 33 heavy (non-hydrogen) atoms. The van der Waals surface area contributed by atoms with Gasteiger partial charge in [0.2, 0.25) is 0 Å². The van der Waals surface area contributed by atoms with Gasteiger partial charge >= 0.3 is 0 Å². The second-order valence-corrected chi connectivity index (χ2v) is 10.1. The monoisotopic (exact) mass is 458 g/mol. The molecule has 2 atom stereocenters. The molecule has 0 radical (unpaired) electrons. The minimum absolute atomic E-state index is 0.354. The summed E-state index contributed by atoms with van der Waals surface area (Å²) in [5.41, 5.74) is 4.07. The third-order valence-electron chi connectivity index (χ3n) is 7.55. The van der Waals surface area contributed by atoms with E-state index in [4.69, 9.17) is 4.74 Å². The molecule has 3 fully saturated rings. The number of rotatable bonds is 8. The Balaban J connectivity index is 1.48. The molecule has 0 saturated carbocycles. The Hall–Kier alpha value is -2.27. The van der Waals surface area contributed by atoms with Gasteiger partial charge in [-0.1, -0.05) is 60.7 Å². The van der Waals surface area contributed by atoms with E-state index >= 15 is 0 Å². The summed E-state index contributed by atoms with van der Waals surface area (Å²) in [5, 5.41) is 4.03. The third-order valence-corrected chi connectivity index (χ3v) is 8.27. The maximum atomic E-state index is 5.70. The highest BCUT2D eigenvalue weighted by Crippen LogP contribution is 2.42. The van der Waals surface area contributed by atoms with Gasteiger partial charge in [-0.15, -0.1) is 11.8 Å². The molecule has 6 rings (SSSR count). The molecule has 3 aliphatic heterocycles. The number of ether oxygens (including phenoxy) is 1. The highest BCUT2D eigenvalue weighted by molar-refractivity contribution is 7.98. The van der Waals surface area contributed by atoms with Crippen LogP contribution in [0.15, 0.2) is 83.8 Å². The summed E-state index contributed by atoms with van der Waals surface area (Å²) >= 11 is 1.78. The Kier molecular flexibility index (Phi) is 7.05. The fraction of sp³-hybridized carbons (Fsp3) is 0.379. The molecular weight excluding hydrogens is 424 g/mol.